The molecule has 0 radical (unpaired) electrons. The predicted octanol–water partition coefficient (Wildman–Crippen LogP) is 1.85. The third-order valence-corrected chi connectivity index (χ3v) is 5.04. The van der Waals surface area contributed by atoms with Crippen molar-refractivity contribution < 1.29 is 26.9 Å². The number of nitrogens with two attached hydrogens (primary N) is 1. The summed E-state index contributed by atoms with van der Waals surface area (Å²) in [5.41, 5.74) is 5.26. The van der Waals surface area contributed by atoms with E-state index in [2.05, 4.69) is 20.9 Å². The maximum Gasteiger partial charge on any atom is 0.296 e. The Balaban J connectivity index is 0.000000208. The minimum absolute atomic E-state index is 0.190. The topological polar surface area (TPSA) is 123 Å². The second-order valence-corrected chi connectivity index (χ2v) is 7.69. The lowest BCUT2D eigenvalue weighted by molar-refractivity contribution is 0.0999. The van der Waals surface area contributed by atoms with Gasteiger partial charge in [0.25, 0.3) is 10.1 Å². The number of rotatable bonds is 3. The molecule has 0 atom stereocenters. The van der Waals surface area contributed by atoms with Gasteiger partial charge in [-0.3, -0.25) is 9.35 Å². The van der Waals surface area contributed by atoms with Crippen molar-refractivity contribution in [1.82, 2.24) is 4.98 Å². The molecule has 1 amide bonds. The molecule has 3 N–H and O–H groups in total. The van der Waals surface area contributed by atoms with Crippen LogP contribution in [0.25, 0.3) is 0 Å². The number of morpholine rings is 1. The van der Waals surface area contributed by atoms with Crippen LogP contribution in [0, 0.1) is 5.82 Å². The van der Waals surface area contributed by atoms with Crippen LogP contribution in [0.3, 0.4) is 0 Å². The molecule has 0 bridgehead atoms. The molecule has 0 aliphatic carbocycles. The van der Waals surface area contributed by atoms with E-state index < -0.39 is 21.8 Å². The minimum Gasteiger partial charge on any atom is -0.378 e. The number of benzene rings is 1. The van der Waals surface area contributed by atoms with Crippen LogP contribution in [-0.2, 0) is 14.9 Å². The highest BCUT2D eigenvalue weighted by molar-refractivity contribution is 9.10. The summed E-state index contributed by atoms with van der Waals surface area (Å²) in [6.07, 6.45) is 1.15. The highest BCUT2D eigenvalue weighted by Crippen LogP contribution is 2.17. The third kappa shape index (κ3) is 6.24. The maximum absolute atomic E-state index is 12.4. The van der Waals surface area contributed by atoms with E-state index in [1.807, 2.05) is 4.90 Å². The van der Waals surface area contributed by atoms with Crippen molar-refractivity contribution in [3.05, 3.63) is 52.4 Å². The Labute approximate surface area is 164 Å². The Morgan fingerprint density at radius 1 is 1.26 bits per heavy atom. The van der Waals surface area contributed by atoms with E-state index in [4.69, 9.17) is 15.0 Å². The lowest BCUT2D eigenvalue weighted by Gasteiger charge is -2.27. The number of ether oxygens (including phenoxy) is 1. The monoisotopic (exact) mass is 461 g/mol. The van der Waals surface area contributed by atoms with E-state index in [9.17, 15) is 17.6 Å². The van der Waals surface area contributed by atoms with Gasteiger partial charge in [-0.15, -0.1) is 0 Å². The van der Waals surface area contributed by atoms with E-state index >= 15 is 0 Å². The molecule has 1 aromatic carbocycles. The first kappa shape index (κ1) is 21.2. The van der Waals surface area contributed by atoms with Gasteiger partial charge in [0.2, 0.25) is 5.91 Å². The third-order valence-electron chi connectivity index (χ3n) is 3.55. The van der Waals surface area contributed by atoms with Gasteiger partial charge >= 0.3 is 0 Å². The Hall–Kier alpha value is -2.08. The summed E-state index contributed by atoms with van der Waals surface area (Å²) >= 11 is 3.01. The van der Waals surface area contributed by atoms with Crippen molar-refractivity contribution in [3.63, 3.8) is 0 Å². The minimum atomic E-state index is -4.16. The van der Waals surface area contributed by atoms with Crippen molar-refractivity contribution >= 4 is 37.8 Å². The van der Waals surface area contributed by atoms with Crippen LogP contribution in [0.4, 0.5) is 10.2 Å². The van der Waals surface area contributed by atoms with Gasteiger partial charge in [-0.2, -0.15) is 8.42 Å². The predicted molar refractivity (Wildman–Crippen MR) is 99.7 cm³/mol. The smallest absolute Gasteiger partial charge is 0.296 e. The zero-order valence-corrected chi connectivity index (χ0v) is 16.4. The van der Waals surface area contributed by atoms with Crippen molar-refractivity contribution in [2.24, 2.45) is 5.73 Å². The second kappa shape index (κ2) is 9.22. The molecule has 1 aliphatic heterocycles. The largest absolute Gasteiger partial charge is 0.378 e. The molecule has 27 heavy (non-hydrogen) atoms. The summed E-state index contributed by atoms with van der Waals surface area (Å²) in [6, 6.07) is 6.63. The molecule has 2 aromatic rings. The molecule has 2 heterocycles. The van der Waals surface area contributed by atoms with E-state index in [0.29, 0.717) is 23.5 Å². The van der Waals surface area contributed by atoms with Crippen molar-refractivity contribution in [2.75, 3.05) is 31.2 Å². The van der Waals surface area contributed by atoms with Crippen LogP contribution in [0.2, 0.25) is 0 Å². The van der Waals surface area contributed by atoms with Gasteiger partial charge in [-0.25, -0.2) is 9.37 Å². The van der Waals surface area contributed by atoms with Gasteiger partial charge in [-0.1, -0.05) is 0 Å². The average Bonchev–Trinajstić information content (AvgIpc) is 2.62. The van der Waals surface area contributed by atoms with Gasteiger partial charge in [0.05, 0.1) is 25.0 Å². The lowest BCUT2D eigenvalue weighted by atomic mass is 10.2. The van der Waals surface area contributed by atoms with E-state index in [1.54, 1.807) is 6.07 Å². The average molecular weight is 462 g/mol. The zero-order valence-electron chi connectivity index (χ0n) is 14.0. The normalized spacial score (nSPS) is 14.3. The number of amides is 1. The molecule has 1 aromatic heterocycles. The Morgan fingerprint density at radius 3 is 2.41 bits per heavy atom. The molecule has 3 rings (SSSR count). The number of carbonyl (C=O) groups excluding carboxylic acids is 1. The van der Waals surface area contributed by atoms with Crippen LogP contribution in [0.15, 0.2) is 45.9 Å². The standard InChI is InChI=1S/C9H12N2O4S.C7H5BrFNO/c12-16(13,14)8-1-2-9(10-7-8)11-3-5-15-6-4-11;8-6-3-4(9)1-2-5(6)7(10)11/h1-2,7H,3-6H2,(H,12,13,14);1-3H,(H2,10,11). The number of aromatic nitrogens is 1. The van der Waals surface area contributed by atoms with E-state index in [0.717, 1.165) is 19.3 Å². The van der Waals surface area contributed by atoms with Crippen LogP contribution < -0.4 is 10.6 Å². The van der Waals surface area contributed by atoms with Gasteiger partial charge in [0, 0.05) is 17.6 Å². The Bertz CT molecular complexity index is 903. The molecule has 1 fully saturated rings. The second-order valence-electron chi connectivity index (χ2n) is 5.42. The maximum atomic E-state index is 12.4. The van der Waals surface area contributed by atoms with Crippen LogP contribution in [0.5, 0.6) is 0 Å². The molecule has 0 unspecified atom stereocenters. The first-order valence-electron chi connectivity index (χ1n) is 7.69. The number of nitrogens with zero attached hydrogens (tertiary/aromatic N) is 2. The van der Waals surface area contributed by atoms with Crippen LogP contribution in [0.1, 0.15) is 10.4 Å². The highest BCUT2D eigenvalue weighted by atomic mass is 79.9. The SMILES string of the molecule is NC(=O)c1ccc(F)cc1Br.O=S(=O)(O)c1ccc(N2CCOCC2)nc1. The molecule has 11 heteroatoms. The van der Waals surface area contributed by atoms with Gasteiger partial charge in [0.15, 0.2) is 0 Å². The number of pyridine rings is 1. The molecule has 1 saturated heterocycles. The van der Waals surface area contributed by atoms with E-state index in [1.165, 1.54) is 24.3 Å². The molecule has 1 aliphatic rings. The summed E-state index contributed by atoms with van der Waals surface area (Å²) < 4.78 is 48.4. The van der Waals surface area contributed by atoms with E-state index in [-0.39, 0.29) is 10.5 Å². The van der Waals surface area contributed by atoms with Crippen LogP contribution in [-0.4, -0.2) is 50.2 Å². The summed E-state index contributed by atoms with van der Waals surface area (Å²) in [5.74, 6) is -0.283. The zero-order chi connectivity index (χ0) is 20.0. The Kier molecular flexibility index (Phi) is 7.25. The number of hydrogen-bond acceptors (Lipinski definition) is 6. The summed E-state index contributed by atoms with van der Waals surface area (Å²) in [4.78, 5) is 16.4. The van der Waals surface area contributed by atoms with Crippen molar-refractivity contribution in [3.8, 4) is 0 Å². The summed E-state index contributed by atoms with van der Waals surface area (Å²) in [6.45, 7) is 2.75. The van der Waals surface area contributed by atoms with Crippen molar-refractivity contribution in [1.29, 1.82) is 0 Å². The number of halogens is 2. The fourth-order valence-corrected chi connectivity index (χ4v) is 3.17. The first-order chi connectivity index (χ1) is 12.7. The number of primary amides is 1. The van der Waals surface area contributed by atoms with Crippen molar-refractivity contribution in [2.45, 2.75) is 4.90 Å². The Morgan fingerprint density at radius 2 is 1.93 bits per heavy atom. The molecule has 0 saturated carbocycles. The molecular formula is C16H17BrFN3O5S. The lowest BCUT2D eigenvalue weighted by Crippen LogP contribution is -2.36. The highest BCUT2D eigenvalue weighted by Gasteiger charge is 2.14. The van der Waals surface area contributed by atoms with Gasteiger partial charge in [-0.05, 0) is 46.3 Å². The molecule has 0 spiro atoms. The number of anilines is 1. The fourth-order valence-electron chi connectivity index (χ4n) is 2.19. The molecule has 8 nitrogen and oxygen atoms in total. The van der Waals surface area contributed by atoms with Crippen LogP contribution >= 0.6 is 15.9 Å². The number of carbonyl (C=O) groups is 1. The molecular weight excluding hydrogens is 445 g/mol. The van der Waals surface area contributed by atoms with Gasteiger partial charge in [0.1, 0.15) is 16.5 Å². The first-order valence-corrected chi connectivity index (χ1v) is 9.93. The quantitative estimate of drug-likeness (QED) is 0.668. The molecule has 146 valence electrons. The van der Waals surface area contributed by atoms with Gasteiger partial charge < -0.3 is 15.4 Å². The summed E-state index contributed by atoms with van der Waals surface area (Å²) in [7, 11) is -4.16. The fraction of sp³-hybridized carbons (Fsp3) is 0.250. The summed E-state index contributed by atoms with van der Waals surface area (Å²) in [5, 5.41) is 0. The number of hydrogen-bond donors (Lipinski definition) is 2.